The van der Waals surface area contributed by atoms with Crippen molar-refractivity contribution in [1.82, 2.24) is 9.97 Å². The first-order valence-electron chi connectivity index (χ1n) is 9.77. The number of anilines is 2. The van der Waals surface area contributed by atoms with Gasteiger partial charge in [-0.05, 0) is 48.6 Å². The van der Waals surface area contributed by atoms with E-state index in [-0.39, 0.29) is 11.9 Å². The molecule has 3 aromatic rings. The van der Waals surface area contributed by atoms with Crippen molar-refractivity contribution in [2.45, 2.75) is 32.4 Å². The molecule has 1 amide bonds. The Morgan fingerprint density at radius 3 is 2.61 bits per heavy atom. The number of carbonyl (C=O) groups is 1. The summed E-state index contributed by atoms with van der Waals surface area (Å²) in [5.74, 6) is 0.569. The molecule has 5 heteroatoms. The summed E-state index contributed by atoms with van der Waals surface area (Å²) in [5.41, 5.74) is 5.34. The predicted octanol–water partition coefficient (Wildman–Crippen LogP) is 3.63. The largest absolute Gasteiger partial charge is 0.336 e. The van der Waals surface area contributed by atoms with E-state index in [9.17, 15) is 4.79 Å². The Bertz CT molecular complexity index is 1050. The number of nitrogens with zero attached hydrogens (tertiary/aromatic N) is 4. The molecule has 2 aliphatic heterocycles. The van der Waals surface area contributed by atoms with E-state index in [1.807, 2.05) is 23.1 Å². The number of aromatic nitrogens is 2. The maximum atomic E-state index is 13.3. The Morgan fingerprint density at radius 2 is 1.75 bits per heavy atom. The van der Waals surface area contributed by atoms with E-state index in [4.69, 9.17) is 0 Å². The van der Waals surface area contributed by atoms with E-state index in [0.29, 0.717) is 11.6 Å². The molecule has 2 aromatic carbocycles. The smallest absolute Gasteiger partial charge is 0.277 e. The van der Waals surface area contributed by atoms with Gasteiger partial charge in [0.05, 0.1) is 0 Å². The summed E-state index contributed by atoms with van der Waals surface area (Å²) in [5, 5.41) is 0. The van der Waals surface area contributed by atoms with Crippen molar-refractivity contribution in [2.24, 2.45) is 0 Å². The molecular formula is C23H22N4O. The quantitative estimate of drug-likeness (QED) is 0.691. The second-order valence-corrected chi connectivity index (χ2v) is 7.54. The minimum atomic E-state index is -0.0569. The zero-order valence-corrected chi connectivity index (χ0v) is 15.9. The molecule has 0 fully saturated rings. The van der Waals surface area contributed by atoms with Crippen molar-refractivity contribution in [3.8, 4) is 0 Å². The van der Waals surface area contributed by atoms with Crippen molar-refractivity contribution >= 4 is 17.5 Å². The number of benzene rings is 2. The van der Waals surface area contributed by atoms with E-state index < -0.39 is 0 Å². The van der Waals surface area contributed by atoms with E-state index in [0.717, 1.165) is 31.6 Å². The Kier molecular flexibility index (Phi) is 4.08. The molecule has 0 saturated carbocycles. The van der Waals surface area contributed by atoms with Crippen LogP contribution < -0.4 is 9.80 Å². The third kappa shape index (κ3) is 2.83. The average molecular weight is 370 g/mol. The zero-order chi connectivity index (χ0) is 19.1. The number of para-hydroxylation sites is 1. The Balaban J connectivity index is 1.43. The van der Waals surface area contributed by atoms with Crippen molar-refractivity contribution in [1.29, 1.82) is 0 Å². The van der Waals surface area contributed by atoms with Crippen LogP contribution in [-0.4, -0.2) is 28.5 Å². The van der Waals surface area contributed by atoms with E-state index in [1.165, 1.54) is 16.7 Å². The topological polar surface area (TPSA) is 49.3 Å². The molecule has 2 aliphatic rings. The van der Waals surface area contributed by atoms with Crippen LogP contribution in [0, 0.1) is 0 Å². The van der Waals surface area contributed by atoms with E-state index in [2.05, 4.69) is 52.1 Å². The van der Waals surface area contributed by atoms with Crippen LogP contribution in [0.2, 0.25) is 0 Å². The molecule has 3 heterocycles. The molecule has 0 N–H and O–H groups in total. The van der Waals surface area contributed by atoms with Gasteiger partial charge in [0.15, 0.2) is 0 Å². The number of carbonyl (C=O) groups excluding carboxylic acids is 1. The molecule has 0 bridgehead atoms. The standard InChI is InChI=1S/C23H22N4O/c1-16-14-18-7-4-5-9-21(18)27(16)22(28)20-10-12-24-23(25-20)26-13-11-17-6-2-3-8-19(17)15-26/h2-10,12,16H,11,13-15H2,1H3. The average Bonchev–Trinajstić information content (AvgIpc) is 3.08. The van der Waals surface area contributed by atoms with Crippen LogP contribution in [0.5, 0.6) is 0 Å². The van der Waals surface area contributed by atoms with Gasteiger partial charge in [-0.25, -0.2) is 9.97 Å². The lowest BCUT2D eigenvalue weighted by Gasteiger charge is -2.29. The summed E-state index contributed by atoms with van der Waals surface area (Å²) in [4.78, 5) is 26.4. The highest BCUT2D eigenvalue weighted by molar-refractivity contribution is 6.06. The second-order valence-electron chi connectivity index (χ2n) is 7.54. The summed E-state index contributed by atoms with van der Waals surface area (Å²) in [6.45, 7) is 3.72. The summed E-state index contributed by atoms with van der Waals surface area (Å²) in [6, 6.07) is 18.4. The maximum Gasteiger partial charge on any atom is 0.277 e. The van der Waals surface area contributed by atoms with Crippen LogP contribution in [0.15, 0.2) is 60.8 Å². The van der Waals surface area contributed by atoms with Gasteiger partial charge in [0.2, 0.25) is 5.95 Å². The third-order valence-corrected chi connectivity index (χ3v) is 5.70. The van der Waals surface area contributed by atoms with E-state index >= 15 is 0 Å². The Morgan fingerprint density at radius 1 is 1.00 bits per heavy atom. The fraction of sp³-hybridized carbons (Fsp3) is 0.261. The van der Waals surface area contributed by atoms with Crippen LogP contribution in [0.3, 0.4) is 0 Å². The molecule has 0 aliphatic carbocycles. The maximum absolute atomic E-state index is 13.3. The molecule has 0 radical (unpaired) electrons. The first kappa shape index (κ1) is 16.9. The van der Waals surface area contributed by atoms with Crippen molar-refractivity contribution < 1.29 is 4.79 Å². The minimum absolute atomic E-state index is 0.0569. The van der Waals surface area contributed by atoms with Gasteiger partial charge in [0, 0.05) is 31.0 Å². The summed E-state index contributed by atoms with van der Waals surface area (Å²) in [6.07, 6.45) is 3.54. The molecule has 5 nitrogen and oxygen atoms in total. The minimum Gasteiger partial charge on any atom is -0.336 e. The monoisotopic (exact) mass is 370 g/mol. The fourth-order valence-corrected chi connectivity index (χ4v) is 4.28. The van der Waals surface area contributed by atoms with Gasteiger partial charge in [-0.1, -0.05) is 42.5 Å². The number of hydrogen-bond donors (Lipinski definition) is 0. The molecule has 28 heavy (non-hydrogen) atoms. The Hall–Kier alpha value is -3.21. The van der Waals surface area contributed by atoms with E-state index in [1.54, 1.807) is 12.3 Å². The van der Waals surface area contributed by atoms with Crippen molar-refractivity contribution in [2.75, 3.05) is 16.3 Å². The lowest BCUT2D eigenvalue weighted by Crippen LogP contribution is -2.37. The van der Waals surface area contributed by atoms with Gasteiger partial charge in [-0.3, -0.25) is 4.79 Å². The van der Waals surface area contributed by atoms with Gasteiger partial charge in [0.1, 0.15) is 5.69 Å². The lowest BCUT2D eigenvalue weighted by atomic mass is 10.0. The van der Waals surface area contributed by atoms with Crippen LogP contribution in [0.1, 0.15) is 34.1 Å². The zero-order valence-electron chi connectivity index (χ0n) is 15.9. The van der Waals surface area contributed by atoms with Gasteiger partial charge in [0.25, 0.3) is 5.91 Å². The normalized spacial score (nSPS) is 18.0. The molecule has 1 aromatic heterocycles. The SMILES string of the molecule is CC1Cc2ccccc2N1C(=O)c1ccnc(N2CCc3ccccc3C2)n1. The van der Waals surface area contributed by atoms with Gasteiger partial charge in [-0.2, -0.15) is 0 Å². The number of amides is 1. The molecule has 0 spiro atoms. The number of fused-ring (bicyclic) bond motifs is 2. The second kappa shape index (κ2) is 6.75. The predicted molar refractivity (Wildman–Crippen MR) is 110 cm³/mol. The van der Waals surface area contributed by atoms with Crippen molar-refractivity contribution in [3.63, 3.8) is 0 Å². The lowest BCUT2D eigenvalue weighted by molar-refractivity contribution is 0.0976. The Labute approximate surface area is 164 Å². The molecule has 1 atom stereocenters. The number of hydrogen-bond acceptors (Lipinski definition) is 4. The molecule has 5 rings (SSSR count). The highest BCUT2D eigenvalue weighted by atomic mass is 16.2. The van der Waals surface area contributed by atoms with Gasteiger partial charge < -0.3 is 9.80 Å². The van der Waals surface area contributed by atoms with Crippen LogP contribution in [0.25, 0.3) is 0 Å². The molecular weight excluding hydrogens is 348 g/mol. The molecule has 140 valence electrons. The van der Waals surface area contributed by atoms with Crippen LogP contribution >= 0.6 is 0 Å². The van der Waals surface area contributed by atoms with Crippen LogP contribution in [0.4, 0.5) is 11.6 Å². The van der Waals surface area contributed by atoms with Crippen molar-refractivity contribution in [3.05, 3.63) is 83.2 Å². The van der Waals surface area contributed by atoms with Gasteiger partial charge >= 0.3 is 0 Å². The molecule has 0 saturated heterocycles. The summed E-state index contributed by atoms with van der Waals surface area (Å²) in [7, 11) is 0. The first-order valence-corrected chi connectivity index (χ1v) is 9.77. The first-order chi connectivity index (χ1) is 13.7. The van der Waals surface area contributed by atoms with Gasteiger partial charge in [-0.15, -0.1) is 0 Å². The summed E-state index contributed by atoms with van der Waals surface area (Å²) < 4.78 is 0. The molecule has 1 unspecified atom stereocenters. The van der Waals surface area contributed by atoms with Crippen LogP contribution in [-0.2, 0) is 19.4 Å². The third-order valence-electron chi connectivity index (χ3n) is 5.70. The number of rotatable bonds is 2. The highest BCUT2D eigenvalue weighted by Crippen LogP contribution is 2.33. The fourth-order valence-electron chi connectivity index (χ4n) is 4.28. The highest BCUT2D eigenvalue weighted by Gasteiger charge is 2.32. The summed E-state index contributed by atoms with van der Waals surface area (Å²) >= 11 is 0.